The van der Waals surface area contributed by atoms with Crippen molar-refractivity contribution in [1.29, 1.82) is 0 Å². The first kappa shape index (κ1) is 12.4. The molecule has 0 spiro atoms. The van der Waals surface area contributed by atoms with Crippen molar-refractivity contribution in [1.82, 2.24) is 0 Å². The SMILES string of the molecule is CCC(S)(S)SCCCCS. The number of hydrogen-bond donors (Lipinski definition) is 3. The van der Waals surface area contributed by atoms with E-state index in [2.05, 4.69) is 44.8 Å². The van der Waals surface area contributed by atoms with Gasteiger partial charge in [-0.15, -0.1) is 11.8 Å². The summed E-state index contributed by atoms with van der Waals surface area (Å²) in [4.78, 5) is 0. The molecular formula is C7H16S4. The van der Waals surface area contributed by atoms with Gasteiger partial charge in [-0.2, -0.15) is 37.9 Å². The van der Waals surface area contributed by atoms with E-state index < -0.39 is 0 Å². The monoisotopic (exact) mass is 228 g/mol. The molecule has 0 rings (SSSR count). The molecule has 0 saturated carbocycles. The molecule has 0 radical (unpaired) electrons. The standard InChI is InChI=1S/C7H16S4/c1-2-7(9,10)11-6-4-3-5-8/h8-10H,2-6H2,1H3. The minimum atomic E-state index is -0.128. The van der Waals surface area contributed by atoms with Gasteiger partial charge < -0.3 is 0 Å². The van der Waals surface area contributed by atoms with Crippen LogP contribution >= 0.6 is 49.6 Å². The molecule has 0 aromatic carbocycles. The zero-order valence-corrected chi connectivity index (χ0v) is 10.3. The smallest absolute Gasteiger partial charge is 0.101 e. The van der Waals surface area contributed by atoms with Gasteiger partial charge in [0.1, 0.15) is 3.41 Å². The van der Waals surface area contributed by atoms with Crippen LogP contribution in [0.2, 0.25) is 0 Å². The minimum Gasteiger partial charge on any atom is -0.179 e. The second-order valence-corrected chi connectivity index (χ2v) is 6.70. The number of thioether (sulfide) groups is 1. The van der Waals surface area contributed by atoms with Crippen LogP contribution in [0.4, 0.5) is 0 Å². The third-order valence-electron chi connectivity index (χ3n) is 1.35. The average Bonchev–Trinajstić information content (AvgIpc) is 1.99. The predicted molar refractivity (Wildman–Crippen MR) is 66.5 cm³/mol. The minimum absolute atomic E-state index is 0.128. The maximum absolute atomic E-state index is 4.40. The average molecular weight is 228 g/mol. The Bertz CT molecular complexity index is 92.4. The lowest BCUT2D eigenvalue weighted by molar-refractivity contribution is 0.904. The van der Waals surface area contributed by atoms with Gasteiger partial charge in [0.2, 0.25) is 0 Å². The molecule has 11 heavy (non-hydrogen) atoms. The largest absolute Gasteiger partial charge is 0.179 e. The van der Waals surface area contributed by atoms with Crippen molar-refractivity contribution in [3.05, 3.63) is 0 Å². The van der Waals surface area contributed by atoms with Gasteiger partial charge in [-0.25, -0.2) is 0 Å². The Morgan fingerprint density at radius 3 is 2.36 bits per heavy atom. The molecule has 0 amide bonds. The van der Waals surface area contributed by atoms with Crippen molar-refractivity contribution in [3.63, 3.8) is 0 Å². The van der Waals surface area contributed by atoms with E-state index in [0.717, 1.165) is 17.9 Å². The van der Waals surface area contributed by atoms with E-state index in [1.807, 2.05) is 11.8 Å². The first-order valence-corrected chi connectivity index (χ1v) is 6.33. The Balaban J connectivity index is 3.23. The third kappa shape index (κ3) is 7.75. The van der Waals surface area contributed by atoms with Crippen LogP contribution in [0, 0.1) is 0 Å². The summed E-state index contributed by atoms with van der Waals surface area (Å²) in [6, 6.07) is 0. The summed E-state index contributed by atoms with van der Waals surface area (Å²) in [5, 5.41) is 0. The lowest BCUT2D eigenvalue weighted by Gasteiger charge is -2.19. The third-order valence-corrected chi connectivity index (χ3v) is 4.31. The Kier molecular flexibility index (Phi) is 7.74. The van der Waals surface area contributed by atoms with Gasteiger partial charge in [-0.3, -0.25) is 0 Å². The van der Waals surface area contributed by atoms with E-state index >= 15 is 0 Å². The summed E-state index contributed by atoms with van der Waals surface area (Å²) in [6.07, 6.45) is 3.40. The molecule has 68 valence electrons. The zero-order valence-electron chi connectivity index (χ0n) is 6.79. The fourth-order valence-electron chi connectivity index (χ4n) is 0.552. The lowest BCUT2D eigenvalue weighted by atomic mass is 10.4. The first-order chi connectivity index (χ1) is 5.12. The molecule has 0 N–H and O–H groups in total. The number of thiol groups is 3. The summed E-state index contributed by atoms with van der Waals surface area (Å²) in [6.45, 7) is 2.10. The number of hydrogen-bond acceptors (Lipinski definition) is 4. The first-order valence-electron chi connectivity index (χ1n) is 3.82. The molecule has 0 unspecified atom stereocenters. The molecule has 0 bridgehead atoms. The van der Waals surface area contributed by atoms with Gasteiger partial charge >= 0.3 is 0 Å². The van der Waals surface area contributed by atoms with Gasteiger partial charge in [-0.05, 0) is 30.8 Å². The number of unbranched alkanes of at least 4 members (excludes halogenated alkanes) is 1. The predicted octanol–water partition coefficient (Wildman–Crippen LogP) is 3.35. The normalized spacial score (nSPS) is 12.0. The summed E-state index contributed by atoms with van der Waals surface area (Å²) in [5.74, 6) is 2.13. The van der Waals surface area contributed by atoms with Crippen LogP contribution in [0.1, 0.15) is 26.2 Å². The maximum atomic E-state index is 4.40. The molecule has 0 fully saturated rings. The molecule has 0 heterocycles. The molecule has 0 nitrogen and oxygen atoms in total. The Morgan fingerprint density at radius 2 is 1.91 bits per heavy atom. The topological polar surface area (TPSA) is 0 Å². The highest BCUT2D eigenvalue weighted by Crippen LogP contribution is 2.37. The molecule has 0 aromatic heterocycles. The molecule has 0 aliphatic rings. The fraction of sp³-hybridized carbons (Fsp3) is 1.00. The van der Waals surface area contributed by atoms with Crippen molar-refractivity contribution in [2.75, 3.05) is 11.5 Å². The zero-order chi connectivity index (χ0) is 8.74. The second-order valence-electron chi connectivity index (χ2n) is 2.38. The van der Waals surface area contributed by atoms with Crippen molar-refractivity contribution >= 4 is 49.6 Å². The Labute approximate surface area is 90.5 Å². The highest BCUT2D eigenvalue weighted by molar-refractivity contribution is 8.24. The highest BCUT2D eigenvalue weighted by Gasteiger charge is 2.16. The summed E-state index contributed by atoms with van der Waals surface area (Å²) in [5.41, 5.74) is 0. The molecule has 0 aliphatic carbocycles. The van der Waals surface area contributed by atoms with Crippen LogP contribution in [0.25, 0.3) is 0 Å². The van der Waals surface area contributed by atoms with Crippen LogP contribution in [-0.4, -0.2) is 14.9 Å². The van der Waals surface area contributed by atoms with Gasteiger partial charge in [-0.1, -0.05) is 6.92 Å². The van der Waals surface area contributed by atoms with Crippen LogP contribution in [0.5, 0.6) is 0 Å². The molecule has 0 aliphatic heterocycles. The Morgan fingerprint density at radius 1 is 1.27 bits per heavy atom. The van der Waals surface area contributed by atoms with E-state index in [1.165, 1.54) is 12.8 Å². The molecule has 0 aromatic rings. The van der Waals surface area contributed by atoms with Crippen LogP contribution in [0.15, 0.2) is 0 Å². The second kappa shape index (κ2) is 6.87. The lowest BCUT2D eigenvalue weighted by Crippen LogP contribution is -2.05. The van der Waals surface area contributed by atoms with Gasteiger partial charge in [0.25, 0.3) is 0 Å². The van der Waals surface area contributed by atoms with E-state index in [9.17, 15) is 0 Å². The number of rotatable bonds is 6. The molecule has 4 heteroatoms. The molecular weight excluding hydrogens is 212 g/mol. The highest BCUT2D eigenvalue weighted by atomic mass is 32.2. The van der Waals surface area contributed by atoms with Crippen LogP contribution in [0.3, 0.4) is 0 Å². The fourth-order valence-corrected chi connectivity index (χ4v) is 2.20. The van der Waals surface area contributed by atoms with Crippen molar-refractivity contribution in [3.8, 4) is 0 Å². The molecule has 0 saturated heterocycles. The summed E-state index contributed by atoms with van der Waals surface area (Å²) in [7, 11) is 0. The summed E-state index contributed by atoms with van der Waals surface area (Å²) >= 11 is 14.7. The van der Waals surface area contributed by atoms with E-state index in [0.29, 0.717) is 0 Å². The maximum Gasteiger partial charge on any atom is 0.101 e. The van der Waals surface area contributed by atoms with E-state index in [-0.39, 0.29) is 3.41 Å². The molecule has 0 atom stereocenters. The van der Waals surface area contributed by atoms with E-state index in [4.69, 9.17) is 0 Å². The van der Waals surface area contributed by atoms with Crippen molar-refractivity contribution in [2.45, 2.75) is 29.6 Å². The summed E-state index contributed by atoms with van der Waals surface area (Å²) < 4.78 is -0.128. The Hall–Kier alpha value is 1.40. The quantitative estimate of drug-likeness (QED) is 0.356. The van der Waals surface area contributed by atoms with Crippen LogP contribution in [-0.2, 0) is 0 Å². The van der Waals surface area contributed by atoms with Crippen molar-refractivity contribution in [2.24, 2.45) is 0 Å². The van der Waals surface area contributed by atoms with Gasteiger partial charge in [0.05, 0.1) is 0 Å². The van der Waals surface area contributed by atoms with Crippen molar-refractivity contribution < 1.29 is 0 Å². The van der Waals surface area contributed by atoms with Gasteiger partial charge in [0, 0.05) is 0 Å². The van der Waals surface area contributed by atoms with Gasteiger partial charge in [0.15, 0.2) is 0 Å². The van der Waals surface area contributed by atoms with E-state index in [1.54, 1.807) is 0 Å². The van der Waals surface area contributed by atoms with Crippen LogP contribution < -0.4 is 0 Å².